The Bertz CT molecular complexity index is 2200. The summed E-state index contributed by atoms with van der Waals surface area (Å²) in [5.41, 5.74) is 1.37. The van der Waals surface area contributed by atoms with Crippen molar-refractivity contribution in [3.63, 3.8) is 0 Å². The number of aromatic nitrogens is 6. The van der Waals surface area contributed by atoms with Crippen LogP contribution in [0, 0.1) is 17.8 Å². The zero-order valence-corrected chi connectivity index (χ0v) is 27.3. The molecule has 0 bridgehead atoms. The van der Waals surface area contributed by atoms with Crippen molar-refractivity contribution in [2.75, 3.05) is 23.3 Å². The number of nitrogens with zero attached hydrogens (tertiary/aromatic N) is 7. The number of nitrogens with one attached hydrogen (secondary N) is 2. The number of rotatable bonds is 6. The topological polar surface area (TPSA) is 132 Å². The Morgan fingerprint density at radius 3 is 2.60 bits per heavy atom. The second-order valence-corrected chi connectivity index (χ2v) is 13.0. The summed E-state index contributed by atoms with van der Waals surface area (Å²) in [6.45, 7) is 4.73. The van der Waals surface area contributed by atoms with Gasteiger partial charge in [0.1, 0.15) is 5.54 Å². The Balaban J connectivity index is 1.00. The molecular formula is C35H32F3N9O3. The molecule has 1 atom stereocenters. The van der Waals surface area contributed by atoms with E-state index in [-0.39, 0.29) is 35.5 Å². The lowest BCUT2D eigenvalue weighted by atomic mass is 9.92. The van der Waals surface area contributed by atoms with Gasteiger partial charge in [0.25, 0.3) is 5.91 Å². The Hall–Kier alpha value is -5.91. The summed E-state index contributed by atoms with van der Waals surface area (Å²) in [7, 11) is 1.84. The number of aryl methyl sites for hydroxylation is 1. The van der Waals surface area contributed by atoms with Crippen LogP contribution < -0.4 is 15.5 Å². The largest absolute Gasteiger partial charge is 0.416 e. The first-order valence-electron chi connectivity index (χ1n) is 15.9. The zero-order valence-electron chi connectivity index (χ0n) is 27.3. The maximum atomic E-state index is 13.5. The van der Waals surface area contributed by atoms with Crippen molar-refractivity contribution in [3.05, 3.63) is 84.1 Å². The number of benzene rings is 2. The van der Waals surface area contributed by atoms with E-state index in [2.05, 4.69) is 42.7 Å². The van der Waals surface area contributed by atoms with E-state index in [9.17, 15) is 27.6 Å². The Labute approximate surface area is 284 Å². The van der Waals surface area contributed by atoms with Crippen molar-refractivity contribution in [3.8, 4) is 17.5 Å². The van der Waals surface area contributed by atoms with Gasteiger partial charge >= 0.3 is 6.18 Å². The third-order valence-corrected chi connectivity index (χ3v) is 9.14. The lowest BCUT2D eigenvalue weighted by Crippen LogP contribution is -2.46. The van der Waals surface area contributed by atoms with Gasteiger partial charge in [-0.2, -0.15) is 28.5 Å². The number of imide groups is 1. The molecule has 5 aromatic rings. The summed E-state index contributed by atoms with van der Waals surface area (Å²) in [4.78, 5) is 39.7. The van der Waals surface area contributed by atoms with E-state index in [1.807, 2.05) is 25.2 Å². The number of piperidine rings is 1. The minimum absolute atomic E-state index is 0.0766. The smallest absolute Gasteiger partial charge is 0.369 e. The summed E-state index contributed by atoms with van der Waals surface area (Å²) in [6.07, 6.45) is 2.33. The summed E-state index contributed by atoms with van der Waals surface area (Å²) < 4.78 is 44.8. The molecule has 2 saturated heterocycles. The summed E-state index contributed by atoms with van der Waals surface area (Å²) in [5.74, 6) is 5.01. The van der Waals surface area contributed by atoms with E-state index >= 15 is 0 Å². The van der Waals surface area contributed by atoms with Crippen molar-refractivity contribution < 1.29 is 27.6 Å². The first kappa shape index (κ1) is 32.6. The maximum absolute atomic E-state index is 13.5. The highest BCUT2D eigenvalue weighted by Gasteiger charge is 2.35. The third-order valence-electron chi connectivity index (χ3n) is 9.14. The Kier molecular flexibility index (Phi) is 7.96. The molecule has 7 rings (SSSR count). The van der Waals surface area contributed by atoms with Crippen LogP contribution in [0.1, 0.15) is 49.4 Å². The number of anilines is 2. The van der Waals surface area contributed by atoms with Gasteiger partial charge in [-0.3, -0.25) is 29.1 Å². The molecule has 0 saturated carbocycles. The van der Waals surface area contributed by atoms with Crippen molar-refractivity contribution in [2.45, 2.75) is 44.3 Å². The van der Waals surface area contributed by atoms with Gasteiger partial charge in [0.2, 0.25) is 11.8 Å². The molecule has 3 amide bonds. The van der Waals surface area contributed by atoms with E-state index < -0.39 is 29.1 Å². The predicted molar refractivity (Wildman–Crippen MR) is 177 cm³/mol. The molecule has 2 aliphatic heterocycles. The fourth-order valence-electron chi connectivity index (χ4n) is 6.14. The number of carbonyl (C=O) groups is 3. The van der Waals surface area contributed by atoms with E-state index in [1.165, 1.54) is 27.8 Å². The summed E-state index contributed by atoms with van der Waals surface area (Å²) in [5, 5.41) is 19.1. The number of halogens is 3. The first-order valence-corrected chi connectivity index (χ1v) is 15.9. The molecule has 0 radical (unpaired) electrons. The average Bonchev–Trinajstić information content (AvgIpc) is 3.82. The minimum atomic E-state index is -4.56. The highest BCUT2D eigenvalue weighted by molar-refractivity contribution is 6.02. The van der Waals surface area contributed by atoms with E-state index in [0.29, 0.717) is 30.8 Å². The first-order chi connectivity index (χ1) is 23.8. The molecule has 12 nitrogen and oxygen atoms in total. The van der Waals surface area contributed by atoms with Gasteiger partial charge in [0.15, 0.2) is 0 Å². The Morgan fingerprint density at radius 1 is 1.08 bits per heavy atom. The van der Waals surface area contributed by atoms with Gasteiger partial charge < -0.3 is 10.2 Å². The van der Waals surface area contributed by atoms with E-state index in [4.69, 9.17) is 0 Å². The molecule has 15 heteroatoms. The molecule has 5 heterocycles. The van der Waals surface area contributed by atoms with Crippen molar-refractivity contribution >= 4 is 40.0 Å². The fourth-order valence-corrected chi connectivity index (χ4v) is 6.14. The monoisotopic (exact) mass is 683 g/mol. The van der Waals surface area contributed by atoms with Crippen LogP contribution in [0.5, 0.6) is 0 Å². The fraction of sp³-hybridized carbons (Fsp3) is 0.314. The zero-order chi connectivity index (χ0) is 35.4. The second kappa shape index (κ2) is 12.2. The van der Waals surface area contributed by atoms with Crippen molar-refractivity contribution in [1.29, 1.82) is 0 Å². The van der Waals surface area contributed by atoms with Crippen molar-refractivity contribution in [2.24, 2.45) is 13.0 Å². The molecule has 2 aliphatic rings. The summed E-state index contributed by atoms with van der Waals surface area (Å²) >= 11 is 0. The van der Waals surface area contributed by atoms with Gasteiger partial charge in [-0.25, -0.2) is 4.68 Å². The molecular weight excluding hydrogens is 651 g/mol. The predicted octanol–water partition coefficient (Wildman–Crippen LogP) is 4.36. The van der Waals surface area contributed by atoms with Crippen LogP contribution in [-0.4, -0.2) is 60.2 Å². The number of hydrogen-bond acceptors (Lipinski definition) is 7. The average molecular weight is 684 g/mol. The SMILES string of the molecule is Cn1nc(C2CCC(=O)NC2=O)c2ccc(N3CC(C#Cc4cnn(C(C)(C)C(=O)Nc5ccc(C(F)(F)F)cc5-n5cccn5)c4)C3)cc21. The molecule has 2 aromatic carbocycles. The van der Waals surface area contributed by atoms with Gasteiger partial charge in [-0.1, -0.05) is 11.8 Å². The molecule has 256 valence electrons. The minimum Gasteiger partial charge on any atom is -0.369 e. The lowest BCUT2D eigenvalue weighted by Gasteiger charge is -2.38. The van der Waals surface area contributed by atoms with Crippen LogP contribution in [0.15, 0.2) is 67.3 Å². The normalized spacial score (nSPS) is 16.9. The summed E-state index contributed by atoms with van der Waals surface area (Å²) in [6, 6.07) is 10.7. The van der Waals surface area contributed by atoms with Gasteiger partial charge in [0.05, 0.1) is 51.7 Å². The highest BCUT2D eigenvalue weighted by Crippen LogP contribution is 2.35. The quantitative estimate of drug-likeness (QED) is 0.201. The van der Waals surface area contributed by atoms with Gasteiger partial charge in [-0.15, -0.1) is 0 Å². The maximum Gasteiger partial charge on any atom is 0.416 e. The molecule has 50 heavy (non-hydrogen) atoms. The molecule has 0 aliphatic carbocycles. The lowest BCUT2D eigenvalue weighted by molar-refractivity contribution is -0.138. The second-order valence-electron chi connectivity index (χ2n) is 13.0. The molecule has 2 N–H and O–H groups in total. The number of alkyl halides is 3. The number of amides is 3. The van der Waals surface area contributed by atoms with Crippen LogP contribution in [0.2, 0.25) is 0 Å². The standard InChI is InChI=1S/C35H32F3N9O3/c1-34(2,33(50)41-27-11-7-23(35(36,37)38)15-29(27)46-14-4-13-39-46)47-20-21(17-40-47)5-6-22-18-45(19-22)24-8-9-25-28(16-24)44(3)43-31(25)26-10-12-30(48)42-32(26)49/h4,7-9,11,13-17,20,22,26H,10,12,18-19H2,1-3H3,(H,41,50)(H,42,48,49). The number of carbonyl (C=O) groups excluding carboxylic acids is 3. The highest BCUT2D eigenvalue weighted by atomic mass is 19.4. The molecule has 2 fully saturated rings. The van der Waals surface area contributed by atoms with E-state index in [1.54, 1.807) is 37.0 Å². The van der Waals surface area contributed by atoms with Gasteiger partial charge in [0, 0.05) is 56.2 Å². The van der Waals surface area contributed by atoms with Crippen LogP contribution in [0.4, 0.5) is 24.5 Å². The number of fused-ring (bicyclic) bond motifs is 1. The third kappa shape index (κ3) is 6.08. The van der Waals surface area contributed by atoms with Crippen LogP contribution in [-0.2, 0) is 33.1 Å². The van der Waals surface area contributed by atoms with Crippen LogP contribution in [0.25, 0.3) is 16.6 Å². The van der Waals surface area contributed by atoms with Gasteiger partial charge in [-0.05, 0) is 62.7 Å². The van der Waals surface area contributed by atoms with Crippen molar-refractivity contribution in [1.82, 2.24) is 34.7 Å². The Morgan fingerprint density at radius 2 is 1.88 bits per heavy atom. The van der Waals surface area contributed by atoms with E-state index in [0.717, 1.165) is 28.7 Å². The molecule has 0 spiro atoms. The van der Waals surface area contributed by atoms with Crippen LogP contribution >= 0.6 is 0 Å². The molecule has 3 aromatic heterocycles. The number of hydrogen-bond donors (Lipinski definition) is 2. The van der Waals surface area contributed by atoms with Crippen LogP contribution in [0.3, 0.4) is 0 Å². The molecule has 1 unspecified atom stereocenters.